The van der Waals surface area contributed by atoms with Crippen LogP contribution >= 0.6 is 0 Å². The standard InChI is InChI=1S/C4H9NO3/c1-3(5-8)2-4(6)7/h3,5,8H,2H2,1H3,(H,6,7). The number of rotatable bonds is 3. The van der Waals surface area contributed by atoms with Crippen LogP contribution in [0.15, 0.2) is 0 Å². The van der Waals surface area contributed by atoms with Crippen LogP contribution in [0.5, 0.6) is 0 Å². The maximum absolute atomic E-state index is 9.82. The quantitative estimate of drug-likeness (QED) is 0.451. The molecule has 3 N–H and O–H groups in total. The summed E-state index contributed by atoms with van der Waals surface area (Å²) in [6, 6.07) is -0.368. The Balaban J connectivity index is 3.24. The Kier molecular flexibility index (Phi) is 3.14. The highest BCUT2D eigenvalue weighted by Crippen LogP contribution is 1.86. The predicted octanol–water partition coefficient (Wildman–Crippen LogP) is -0.172. The second-order valence-corrected chi connectivity index (χ2v) is 1.63. The third kappa shape index (κ3) is 3.58. The molecule has 0 aromatic carbocycles. The van der Waals surface area contributed by atoms with Crippen LogP contribution in [0.1, 0.15) is 13.3 Å². The molecule has 0 spiro atoms. The summed E-state index contributed by atoms with van der Waals surface area (Å²) >= 11 is 0. The van der Waals surface area contributed by atoms with E-state index >= 15 is 0 Å². The summed E-state index contributed by atoms with van der Waals surface area (Å²) in [5.74, 6) is -0.918. The fourth-order valence-corrected chi connectivity index (χ4v) is 0.308. The number of nitrogens with one attached hydrogen (secondary N) is 1. The van der Waals surface area contributed by atoms with Gasteiger partial charge < -0.3 is 10.3 Å². The first-order chi connectivity index (χ1) is 3.66. The zero-order chi connectivity index (χ0) is 6.57. The minimum Gasteiger partial charge on any atom is -0.481 e. The van der Waals surface area contributed by atoms with Crippen LogP contribution in [0.25, 0.3) is 0 Å². The minimum absolute atomic E-state index is 0.0590. The normalized spacial score (nSPS) is 13.2. The van der Waals surface area contributed by atoms with Crippen molar-refractivity contribution in [3.05, 3.63) is 0 Å². The van der Waals surface area contributed by atoms with E-state index in [-0.39, 0.29) is 12.5 Å². The lowest BCUT2D eigenvalue weighted by Gasteiger charge is -2.02. The van der Waals surface area contributed by atoms with E-state index in [0.29, 0.717) is 0 Å². The highest BCUT2D eigenvalue weighted by Gasteiger charge is 2.03. The van der Waals surface area contributed by atoms with Crippen molar-refractivity contribution in [2.24, 2.45) is 0 Å². The molecular weight excluding hydrogens is 110 g/mol. The van der Waals surface area contributed by atoms with Gasteiger partial charge >= 0.3 is 5.97 Å². The first kappa shape index (κ1) is 7.39. The lowest BCUT2D eigenvalue weighted by Crippen LogP contribution is -2.24. The molecule has 0 radical (unpaired) electrons. The summed E-state index contributed by atoms with van der Waals surface area (Å²) in [4.78, 5) is 9.82. The van der Waals surface area contributed by atoms with Crippen LogP contribution in [0, 0.1) is 0 Å². The van der Waals surface area contributed by atoms with Crippen LogP contribution in [0.2, 0.25) is 0 Å². The Hall–Kier alpha value is -0.610. The van der Waals surface area contributed by atoms with Crippen molar-refractivity contribution in [1.29, 1.82) is 0 Å². The molecule has 1 unspecified atom stereocenters. The minimum atomic E-state index is -0.918. The summed E-state index contributed by atoms with van der Waals surface area (Å²) < 4.78 is 0. The summed E-state index contributed by atoms with van der Waals surface area (Å²) in [7, 11) is 0. The van der Waals surface area contributed by atoms with Gasteiger partial charge in [-0.15, -0.1) is 0 Å². The zero-order valence-corrected chi connectivity index (χ0v) is 4.59. The summed E-state index contributed by atoms with van der Waals surface area (Å²) in [6.07, 6.45) is -0.0590. The van der Waals surface area contributed by atoms with E-state index in [1.54, 1.807) is 6.92 Å². The average molecular weight is 119 g/mol. The molecule has 0 aliphatic heterocycles. The first-order valence-corrected chi connectivity index (χ1v) is 2.28. The SMILES string of the molecule is CC(CC(=O)O)NO. The molecule has 0 heterocycles. The fourth-order valence-electron chi connectivity index (χ4n) is 0.308. The van der Waals surface area contributed by atoms with Crippen molar-refractivity contribution >= 4 is 5.97 Å². The van der Waals surface area contributed by atoms with E-state index < -0.39 is 5.97 Å². The Morgan fingerprint density at radius 1 is 1.88 bits per heavy atom. The van der Waals surface area contributed by atoms with Crippen LogP contribution in [-0.4, -0.2) is 22.3 Å². The van der Waals surface area contributed by atoms with Crippen LogP contribution in [0.3, 0.4) is 0 Å². The van der Waals surface area contributed by atoms with Gasteiger partial charge in [0.15, 0.2) is 0 Å². The van der Waals surface area contributed by atoms with Gasteiger partial charge in [-0.25, -0.2) is 5.48 Å². The van der Waals surface area contributed by atoms with Crippen LogP contribution < -0.4 is 5.48 Å². The smallest absolute Gasteiger partial charge is 0.305 e. The second-order valence-electron chi connectivity index (χ2n) is 1.63. The second kappa shape index (κ2) is 3.40. The van der Waals surface area contributed by atoms with Crippen molar-refractivity contribution in [2.45, 2.75) is 19.4 Å². The van der Waals surface area contributed by atoms with Crippen LogP contribution in [0.4, 0.5) is 0 Å². The maximum Gasteiger partial charge on any atom is 0.305 e. The number of hydrogen-bond donors (Lipinski definition) is 3. The molecule has 0 aliphatic carbocycles. The molecule has 0 rings (SSSR count). The number of carboxylic acids is 1. The van der Waals surface area contributed by atoms with E-state index in [1.807, 2.05) is 5.48 Å². The van der Waals surface area contributed by atoms with Crippen molar-refractivity contribution < 1.29 is 15.1 Å². The van der Waals surface area contributed by atoms with Crippen molar-refractivity contribution in [3.8, 4) is 0 Å². The van der Waals surface area contributed by atoms with Gasteiger partial charge in [0.2, 0.25) is 0 Å². The highest BCUT2D eigenvalue weighted by molar-refractivity contribution is 5.67. The molecule has 0 aromatic rings. The maximum atomic E-state index is 9.82. The van der Waals surface area contributed by atoms with Gasteiger partial charge in [0.25, 0.3) is 0 Å². The van der Waals surface area contributed by atoms with Gasteiger partial charge in [-0.05, 0) is 6.92 Å². The number of hydroxylamine groups is 1. The van der Waals surface area contributed by atoms with Crippen molar-refractivity contribution in [3.63, 3.8) is 0 Å². The zero-order valence-electron chi connectivity index (χ0n) is 4.59. The van der Waals surface area contributed by atoms with Gasteiger partial charge in [0.1, 0.15) is 0 Å². The largest absolute Gasteiger partial charge is 0.481 e. The van der Waals surface area contributed by atoms with E-state index in [0.717, 1.165) is 0 Å². The molecule has 1 atom stereocenters. The number of carbonyl (C=O) groups is 1. The fraction of sp³-hybridized carbons (Fsp3) is 0.750. The average Bonchev–Trinajstić information content (AvgIpc) is 1.65. The van der Waals surface area contributed by atoms with Gasteiger partial charge in [-0.3, -0.25) is 4.79 Å². The van der Waals surface area contributed by atoms with E-state index in [4.69, 9.17) is 10.3 Å². The molecule has 0 amide bonds. The summed E-state index contributed by atoms with van der Waals surface area (Å²) in [5.41, 5.74) is 1.82. The molecule has 0 fully saturated rings. The number of aliphatic carboxylic acids is 1. The lowest BCUT2D eigenvalue weighted by molar-refractivity contribution is -0.138. The molecular formula is C4H9NO3. The molecule has 0 bridgehead atoms. The summed E-state index contributed by atoms with van der Waals surface area (Å²) in [5, 5.41) is 16.1. The molecule has 4 nitrogen and oxygen atoms in total. The van der Waals surface area contributed by atoms with Crippen LogP contribution in [-0.2, 0) is 4.79 Å². The van der Waals surface area contributed by atoms with E-state index in [1.165, 1.54) is 0 Å². The van der Waals surface area contributed by atoms with E-state index in [2.05, 4.69) is 0 Å². The predicted molar refractivity (Wildman–Crippen MR) is 26.6 cm³/mol. The lowest BCUT2D eigenvalue weighted by atomic mass is 10.3. The topological polar surface area (TPSA) is 69.6 Å². The van der Waals surface area contributed by atoms with Gasteiger partial charge in [0.05, 0.1) is 6.42 Å². The van der Waals surface area contributed by atoms with Gasteiger partial charge in [-0.1, -0.05) is 0 Å². The molecule has 0 aromatic heterocycles. The van der Waals surface area contributed by atoms with Gasteiger partial charge in [0, 0.05) is 6.04 Å². The molecule has 0 aliphatic rings. The highest BCUT2D eigenvalue weighted by atomic mass is 16.5. The molecule has 0 saturated carbocycles. The molecule has 48 valence electrons. The monoisotopic (exact) mass is 119 g/mol. The molecule has 0 saturated heterocycles. The molecule has 4 heteroatoms. The first-order valence-electron chi connectivity index (χ1n) is 2.28. The van der Waals surface area contributed by atoms with Gasteiger partial charge in [-0.2, -0.15) is 0 Å². The number of hydrogen-bond acceptors (Lipinski definition) is 3. The van der Waals surface area contributed by atoms with E-state index in [9.17, 15) is 4.79 Å². The Morgan fingerprint density at radius 2 is 2.38 bits per heavy atom. The third-order valence-corrected chi connectivity index (χ3v) is 0.701. The Labute approximate surface area is 47.1 Å². The number of carboxylic acid groups (broad SMARTS) is 1. The Morgan fingerprint density at radius 3 is 2.50 bits per heavy atom. The Bertz CT molecular complexity index is 83.4. The summed E-state index contributed by atoms with van der Waals surface area (Å²) in [6.45, 7) is 1.58. The van der Waals surface area contributed by atoms with Crippen molar-refractivity contribution in [2.75, 3.05) is 0 Å². The third-order valence-electron chi connectivity index (χ3n) is 0.701. The van der Waals surface area contributed by atoms with Crippen molar-refractivity contribution in [1.82, 2.24) is 5.48 Å². The molecule has 8 heavy (non-hydrogen) atoms.